The van der Waals surface area contributed by atoms with Gasteiger partial charge in [0.2, 0.25) is 0 Å². The number of nitro benzene ring substituents is 1. The summed E-state index contributed by atoms with van der Waals surface area (Å²) in [7, 11) is 0. The van der Waals surface area contributed by atoms with Crippen molar-refractivity contribution >= 4 is 11.4 Å². The van der Waals surface area contributed by atoms with E-state index in [0.29, 0.717) is 17.8 Å². The average molecular weight is 245 g/mol. The highest BCUT2D eigenvalue weighted by Gasteiger charge is 2.14. The molecule has 0 fully saturated rings. The lowest BCUT2D eigenvalue weighted by Crippen LogP contribution is -2.24. The van der Waals surface area contributed by atoms with Crippen LogP contribution in [0.1, 0.15) is 18.9 Å². The predicted molar refractivity (Wildman–Crippen MR) is 70.5 cm³/mol. The summed E-state index contributed by atoms with van der Waals surface area (Å²) in [5.74, 6) is 0. The standard InChI is InChI=1S/C13H15N3O2/c1-3-7-15(8-4-2)13-6-5-12(16(17)18)9-11(13)10-14/h3,5-6,9H,1,4,7-8H2,2H3. The minimum Gasteiger partial charge on any atom is -0.367 e. The molecular weight excluding hydrogens is 230 g/mol. The number of hydrogen-bond acceptors (Lipinski definition) is 4. The maximum Gasteiger partial charge on any atom is 0.270 e. The fourth-order valence-corrected chi connectivity index (χ4v) is 1.74. The summed E-state index contributed by atoms with van der Waals surface area (Å²) in [6.45, 7) is 7.10. The molecule has 0 heterocycles. The molecule has 5 heteroatoms. The average Bonchev–Trinajstić information content (AvgIpc) is 2.37. The summed E-state index contributed by atoms with van der Waals surface area (Å²) in [6.07, 6.45) is 2.67. The minimum absolute atomic E-state index is 0.0645. The van der Waals surface area contributed by atoms with E-state index in [-0.39, 0.29) is 5.69 Å². The molecule has 1 aromatic rings. The number of non-ortho nitro benzene ring substituents is 1. The van der Waals surface area contributed by atoms with Crippen LogP contribution in [-0.4, -0.2) is 18.0 Å². The summed E-state index contributed by atoms with van der Waals surface area (Å²) in [5.41, 5.74) is 0.967. The lowest BCUT2D eigenvalue weighted by atomic mass is 10.1. The summed E-state index contributed by atoms with van der Waals surface area (Å²) in [4.78, 5) is 12.2. The van der Waals surface area contributed by atoms with Gasteiger partial charge in [-0.05, 0) is 12.5 Å². The second-order valence-electron chi connectivity index (χ2n) is 3.81. The molecule has 0 atom stereocenters. The van der Waals surface area contributed by atoms with Crippen molar-refractivity contribution in [3.05, 3.63) is 46.5 Å². The van der Waals surface area contributed by atoms with Gasteiger partial charge in [0.05, 0.1) is 16.2 Å². The van der Waals surface area contributed by atoms with Crippen molar-refractivity contribution in [2.45, 2.75) is 13.3 Å². The Hall–Kier alpha value is -2.35. The van der Waals surface area contributed by atoms with E-state index in [0.717, 1.165) is 13.0 Å². The molecule has 0 spiro atoms. The van der Waals surface area contributed by atoms with Crippen LogP contribution in [-0.2, 0) is 0 Å². The zero-order valence-electron chi connectivity index (χ0n) is 10.3. The predicted octanol–water partition coefficient (Wildman–Crippen LogP) is 2.87. The smallest absolute Gasteiger partial charge is 0.270 e. The second-order valence-corrected chi connectivity index (χ2v) is 3.81. The molecule has 0 saturated heterocycles. The highest BCUT2D eigenvalue weighted by Crippen LogP contribution is 2.25. The van der Waals surface area contributed by atoms with Gasteiger partial charge in [-0.25, -0.2) is 0 Å². The molecule has 0 radical (unpaired) electrons. The van der Waals surface area contributed by atoms with Gasteiger partial charge in [-0.15, -0.1) is 6.58 Å². The Morgan fingerprint density at radius 2 is 2.33 bits per heavy atom. The Labute approximate surface area is 106 Å². The summed E-state index contributed by atoms with van der Waals surface area (Å²) < 4.78 is 0. The van der Waals surface area contributed by atoms with Crippen LogP contribution in [0.15, 0.2) is 30.9 Å². The summed E-state index contributed by atoms with van der Waals surface area (Å²) in [5, 5.41) is 19.8. The summed E-state index contributed by atoms with van der Waals surface area (Å²) >= 11 is 0. The van der Waals surface area contributed by atoms with Crippen molar-refractivity contribution in [3.63, 3.8) is 0 Å². The Balaban J connectivity index is 3.18. The topological polar surface area (TPSA) is 70.2 Å². The van der Waals surface area contributed by atoms with Gasteiger partial charge in [-0.2, -0.15) is 5.26 Å². The minimum atomic E-state index is -0.498. The van der Waals surface area contributed by atoms with Crippen LogP contribution in [0.5, 0.6) is 0 Å². The van der Waals surface area contributed by atoms with Crippen molar-refractivity contribution in [1.29, 1.82) is 5.26 Å². The first kappa shape index (κ1) is 13.7. The van der Waals surface area contributed by atoms with Gasteiger partial charge >= 0.3 is 0 Å². The van der Waals surface area contributed by atoms with Gasteiger partial charge in [0.15, 0.2) is 0 Å². The number of rotatable bonds is 6. The highest BCUT2D eigenvalue weighted by molar-refractivity contribution is 5.63. The van der Waals surface area contributed by atoms with Crippen LogP contribution in [0.2, 0.25) is 0 Å². The van der Waals surface area contributed by atoms with Crippen molar-refractivity contribution in [2.75, 3.05) is 18.0 Å². The maximum atomic E-state index is 10.7. The normalized spacial score (nSPS) is 9.56. The van der Waals surface area contributed by atoms with Gasteiger partial charge in [-0.3, -0.25) is 10.1 Å². The van der Waals surface area contributed by atoms with Crippen molar-refractivity contribution in [3.8, 4) is 6.07 Å². The monoisotopic (exact) mass is 245 g/mol. The molecule has 0 aliphatic rings. The van der Waals surface area contributed by atoms with E-state index >= 15 is 0 Å². The van der Waals surface area contributed by atoms with Gasteiger partial charge in [0.25, 0.3) is 5.69 Å². The molecule has 1 rings (SSSR count). The van der Waals surface area contributed by atoms with E-state index in [1.165, 1.54) is 12.1 Å². The van der Waals surface area contributed by atoms with E-state index < -0.39 is 4.92 Å². The van der Waals surface area contributed by atoms with Crippen LogP contribution < -0.4 is 4.90 Å². The molecule has 0 saturated carbocycles. The molecular formula is C13H15N3O2. The van der Waals surface area contributed by atoms with Crippen molar-refractivity contribution in [2.24, 2.45) is 0 Å². The molecule has 18 heavy (non-hydrogen) atoms. The van der Waals surface area contributed by atoms with E-state index in [1.54, 1.807) is 12.1 Å². The molecule has 0 amide bonds. The molecule has 5 nitrogen and oxygen atoms in total. The Morgan fingerprint density at radius 1 is 1.61 bits per heavy atom. The molecule has 0 aromatic heterocycles. The first-order valence-corrected chi connectivity index (χ1v) is 5.68. The van der Waals surface area contributed by atoms with Crippen LogP contribution in [0.25, 0.3) is 0 Å². The zero-order valence-corrected chi connectivity index (χ0v) is 10.3. The zero-order chi connectivity index (χ0) is 13.5. The molecule has 94 valence electrons. The van der Waals surface area contributed by atoms with Gasteiger partial charge in [0, 0.05) is 25.2 Å². The summed E-state index contributed by atoms with van der Waals surface area (Å²) in [6, 6.07) is 6.35. The SMILES string of the molecule is C=CCN(CCC)c1ccc([N+](=O)[O-])cc1C#N. The quantitative estimate of drug-likeness (QED) is 0.439. The van der Waals surface area contributed by atoms with Crippen molar-refractivity contribution in [1.82, 2.24) is 0 Å². The third-order valence-electron chi connectivity index (χ3n) is 2.50. The van der Waals surface area contributed by atoms with E-state index in [9.17, 15) is 10.1 Å². The first-order chi connectivity index (χ1) is 8.63. The number of nitriles is 1. The highest BCUT2D eigenvalue weighted by atomic mass is 16.6. The molecule has 0 bridgehead atoms. The number of anilines is 1. The van der Waals surface area contributed by atoms with Gasteiger partial charge in [-0.1, -0.05) is 13.0 Å². The molecule has 0 aliphatic carbocycles. The lowest BCUT2D eigenvalue weighted by Gasteiger charge is -2.23. The Kier molecular flexibility index (Phi) is 4.88. The number of hydrogen-bond donors (Lipinski definition) is 0. The van der Waals surface area contributed by atoms with Crippen molar-refractivity contribution < 1.29 is 4.92 Å². The molecule has 0 aliphatic heterocycles. The first-order valence-electron chi connectivity index (χ1n) is 5.68. The van der Waals surface area contributed by atoms with Crippen LogP contribution in [0.4, 0.5) is 11.4 Å². The van der Waals surface area contributed by atoms with Crippen LogP contribution in [0.3, 0.4) is 0 Å². The van der Waals surface area contributed by atoms with E-state index in [2.05, 4.69) is 6.58 Å². The molecule has 1 aromatic carbocycles. The Bertz CT molecular complexity index is 491. The third kappa shape index (κ3) is 3.08. The fraction of sp³-hybridized carbons (Fsp3) is 0.308. The maximum absolute atomic E-state index is 10.7. The van der Waals surface area contributed by atoms with E-state index in [4.69, 9.17) is 5.26 Å². The number of nitro groups is 1. The molecule has 0 unspecified atom stereocenters. The second kappa shape index (κ2) is 6.40. The van der Waals surface area contributed by atoms with E-state index in [1.807, 2.05) is 17.9 Å². The Morgan fingerprint density at radius 3 is 2.83 bits per heavy atom. The third-order valence-corrected chi connectivity index (χ3v) is 2.50. The number of nitrogens with zero attached hydrogens (tertiary/aromatic N) is 3. The van der Waals surface area contributed by atoms with Crippen LogP contribution >= 0.6 is 0 Å². The van der Waals surface area contributed by atoms with Crippen LogP contribution in [0, 0.1) is 21.4 Å². The fourth-order valence-electron chi connectivity index (χ4n) is 1.74. The van der Waals surface area contributed by atoms with Gasteiger partial charge < -0.3 is 4.90 Å². The molecule has 0 N–H and O–H groups in total. The largest absolute Gasteiger partial charge is 0.367 e. The van der Waals surface area contributed by atoms with Gasteiger partial charge in [0.1, 0.15) is 6.07 Å². The lowest BCUT2D eigenvalue weighted by molar-refractivity contribution is -0.384. The number of benzene rings is 1.